The Morgan fingerprint density at radius 2 is 1.93 bits per heavy atom. The molecule has 2 N–H and O–H groups in total. The Morgan fingerprint density at radius 1 is 1.22 bits per heavy atom. The van der Waals surface area contributed by atoms with E-state index < -0.39 is 24.5 Å². The zero-order chi connectivity index (χ0) is 19.8. The van der Waals surface area contributed by atoms with Gasteiger partial charge in [0.2, 0.25) is 0 Å². The topological polar surface area (TPSA) is 102 Å². The molecule has 0 aliphatic rings. The lowest BCUT2D eigenvalue weighted by molar-refractivity contribution is -0.123. The Balaban J connectivity index is 1.96. The van der Waals surface area contributed by atoms with Crippen LogP contribution in [-0.4, -0.2) is 40.8 Å². The van der Waals surface area contributed by atoms with Crippen molar-refractivity contribution in [2.24, 2.45) is 0 Å². The van der Waals surface area contributed by atoms with Crippen molar-refractivity contribution in [3.05, 3.63) is 52.3 Å². The van der Waals surface area contributed by atoms with Gasteiger partial charge in [-0.15, -0.1) is 0 Å². The molecule has 0 saturated heterocycles. The largest absolute Gasteiger partial charge is 0.452 e. The molecule has 9 heteroatoms. The van der Waals surface area contributed by atoms with Crippen LogP contribution in [0.25, 0.3) is 0 Å². The molecule has 27 heavy (non-hydrogen) atoms. The molecule has 0 aliphatic carbocycles. The van der Waals surface area contributed by atoms with E-state index in [9.17, 15) is 14.4 Å². The van der Waals surface area contributed by atoms with Gasteiger partial charge in [0.25, 0.3) is 5.91 Å². The fourth-order valence-corrected chi connectivity index (χ4v) is 2.61. The van der Waals surface area contributed by atoms with Crippen LogP contribution in [0.1, 0.15) is 35.0 Å². The number of nitrogens with one attached hydrogen (secondary N) is 2. The van der Waals surface area contributed by atoms with Gasteiger partial charge >= 0.3 is 12.0 Å². The number of carbonyl (C=O) groups excluding carboxylic acids is 3. The van der Waals surface area contributed by atoms with Crippen molar-refractivity contribution in [2.45, 2.75) is 26.8 Å². The van der Waals surface area contributed by atoms with E-state index in [4.69, 9.17) is 16.3 Å². The van der Waals surface area contributed by atoms with Crippen LogP contribution < -0.4 is 10.6 Å². The molecular formula is C18H21ClN4O4. The van der Waals surface area contributed by atoms with Gasteiger partial charge in [-0.25, -0.2) is 14.3 Å². The lowest BCUT2D eigenvalue weighted by Gasteiger charge is -2.07. The fourth-order valence-electron chi connectivity index (χ4n) is 2.30. The Bertz CT molecular complexity index is 820. The molecule has 8 nitrogen and oxygen atoms in total. The molecule has 0 spiro atoms. The first kappa shape index (κ1) is 20.4. The van der Waals surface area contributed by atoms with E-state index in [0.717, 1.165) is 12.0 Å². The maximum absolute atomic E-state index is 12.3. The summed E-state index contributed by atoms with van der Waals surface area (Å²) in [5.41, 5.74) is 1.46. The molecule has 0 radical (unpaired) electrons. The molecule has 1 aromatic heterocycles. The van der Waals surface area contributed by atoms with Crippen LogP contribution >= 0.6 is 11.6 Å². The number of carbonyl (C=O) groups is 3. The standard InChI is InChI=1S/C18H21ClN4O4/c1-3-9-20-18(26)21-14(24)11-27-17(25)15-12(2)22-23(16(15)19)10-13-7-5-4-6-8-13/h4-8H,3,9-11H2,1-2H3,(H2,20,21,24,26). The molecule has 0 unspecified atom stereocenters. The highest BCUT2D eigenvalue weighted by Gasteiger charge is 2.22. The average molecular weight is 393 g/mol. The predicted molar refractivity (Wildman–Crippen MR) is 99.6 cm³/mol. The SMILES string of the molecule is CCCNC(=O)NC(=O)COC(=O)c1c(C)nn(Cc2ccccc2)c1Cl. The van der Waals surface area contributed by atoms with Crippen LogP contribution in [0.5, 0.6) is 0 Å². The molecule has 2 aromatic rings. The summed E-state index contributed by atoms with van der Waals surface area (Å²) in [4.78, 5) is 35.3. The van der Waals surface area contributed by atoms with Gasteiger partial charge < -0.3 is 10.1 Å². The second kappa shape index (κ2) is 9.72. The number of esters is 1. The smallest absolute Gasteiger partial charge is 0.343 e. The van der Waals surface area contributed by atoms with Crippen molar-refractivity contribution in [3.8, 4) is 0 Å². The van der Waals surface area contributed by atoms with Crippen molar-refractivity contribution in [1.82, 2.24) is 20.4 Å². The maximum atomic E-state index is 12.3. The molecule has 2 rings (SSSR count). The van der Waals surface area contributed by atoms with Crippen molar-refractivity contribution in [3.63, 3.8) is 0 Å². The van der Waals surface area contributed by atoms with Crippen LogP contribution in [0.3, 0.4) is 0 Å². The van der Waals surface area contributed by atoms with Crippen molar-refractivity contribution in [1.29, 1.82) is 0 Å². The van der Waals surface area contributed by atoms with Crippen LogP contribution in [0.15, 0.2) is 30.3 Å². The van der Waals surface area contributed by atoms with E-state index in [0.29, 0.717) is 18.8 Å². The van der Waals surface area contributed by atoms with Crippen molar-refractivity contribution >= 4 is 29.5 Å². The van der Waals surface area contributed by atoms with E-state index in [1.807, 2.05) is 37.3 Å². The first-order valence-electron chi connectivity index (χ1n) is 8.44. The second-order valence-electron chi connectivity index (χ2n) is 5.77. The van der Waals surface area contributed by atoms with E-state index in [1.165, 1.54) is 4.68 Å². The molecule has 0 atom stereocenters. The Morgan fingerprint density at radius 3 is 2.59 bits per heavy atom. The third-order valence-electron chi connectivity index (χ3n) is 3.57. The number of ether oxygens (including phenoxy) is 1. The lowest BCUT2D eigenvalue weighted by atomic mass is 10.2. The number of amides is 3. The molecule has 1 heterocycles. The predicted octanol–water partition coefficient (Wildman–Crippen LogP) is 2.29. The monoisotopic (exact) mass is 392 g/mol. The third-order valence-corrected chi connectivity index (χ3v) is 3.95. The lowest BCUT2D eigenvalue weighted by Crippen LogP contribution is -2.41. The second-order valence-corrected chi connectivity index (χ2v) is 6.13. The van der Waals surface area contributed by atoms with Crippen LogP contribution in [0.4, 0.5) is 4.79 Å². The van der Waals surface area contributed by atoms with E-state index in [-0.39, 0.29) is 10.7 Å². The summed E-state index contributed by atoms with van der Waals surface area (Å²) >= 11 is 6.27. The van der Waals surface area contributed by atoms with E-state index in [1.54, 1.807) is 6.92 Å². The molecule has 144 valence electrons. The van der Waals surface area contributed by atoms with Gasteiger partial charge in [0.1, 0.15) is 10.7 Å². The molecule has 0 fully saturated rings. The van der Waals surface area contributed by atoms with Crippen molar-refractivity contribution in [2.75, 3.05) is 13.2 Å². The third kappa shape index (κ3) is 5.82. The summed E-state index contributed by atoms with van der Waals surface area (Å²) in [6, 6.07) is 8.88. The Kier molecular flexibility index (Phi) is 7.36. The summed E-state index contributed by atoms with van der Waals surface area (Å²) in [5.74, 6) is -1.51. The maximum Gasteiger partial charge on any atom is 0.343 e. The van der Waals surface area contributed by atoms with E-state index >= 15 is 0 Å². The summed E-state index contributed by atoms with van der Waals surface area (Å²) in [6.45, 7) is 3.74. The Labute approximate surface area is 161 Å². The van der Waals surface area contributed by atoms with Gasteiger partial charge in [0, 0.05) is 6.54 Å². The van der Waals surface area contributed by atoms with Crippen LogP contribution in [0, 0.1) is 6.92 Å². The molecule has 3 amide bonds. The van der Waals surface area contributed by atoms with Gasteiger partial charge in [-0.05, 0) is 18.9 Å². The summed E-state index contributed by atoms with van der Waals surface area (Å²) in [5, 5.41) is 8.93. The van der Waals surface area contributed by atoms with Crippen LogP contribution in [0.2, 0.25) is 5.15 Å². The molecule has 0 saturated carbocycles. The minimum Gasteiger partial charge on any atom is -0.452 e. The minimum absolute atomic E-state index is 0.0934. The van der Waals surface area contributed by atoms with Crippen molar-refractivity contribution < 1.29 is 19.1 Å². The first-order valence-corrected chi connectivity index (χ1v) is 8.81. The average Bonchev–Trinajstić information content (AvgIpc) is 2.92. The summed E-state index contributed by atoms with van der Waals surface area (Å²) in [7, 11) is 0. The summed E-state index contributed by atoms with van der Waals surface area (Å²) in [6.07, 6.45) is 0.737. The highest BCUT2D eigenvalue weighted by atomic mass is 35.5. The zero-order valence-corrected chi connectivity index (χ0v) is 15.9. The Hall–Kier alpha value is -2.87. The van der Waals surface area contributed by atoms with Gasteiger partial charge in [-0.3, -0.25) is 10.1 Å². The highest BCUT2D eigenvalue weighted by Crippen LogP contribution is 2.21. The molecule has 1 aromatic carbocycles. The number of aromatic nitrogens is 2. The number of benzene rings is 1. The number of imide groups is 1. The summed E-state index contributed by atoms with van der Waals surface area (Å²) < 4.78 is 6.44. The zero-order valence-electron chi connectivity index (χ0n) is 15.1. The quantitative estimate of drug-likeness (QED) is 0.704. The first-order chi connectivity index (χ1) is 12.9. The van der Waals surface area contributed by atoms with Gasteiger partial charge in [-0.1, -0.05) is 48.9 Å². The number of hydrogen-bond acceptors (Lipinski definition) is 5. The number of halogens is 1. The molecule has 0 bridgehead atoms. The highest BCUT2D eigenvalue weighted by molar-refractivity contribution is 6.32. The van der Waals surface area contributed by atoms with Gasteiger partial charge in [-0.2, -0.15) is 5.10 Å². The number of rotatable bonds is 7. The number of hydrogen-bond donors (Lipinski definition) is 2. The van der Waals surface area contributed by atoms with Gasteiger partial charge in [0.05, 0.1) is 12.2 Å². The number of nitrogens with zero attached hydrogens (tertiary/aromatic N) is 2. The normalized spacial score (nSPS) is 10.3. The minimum atomic E-state index is -0.777. The molecular weight excluding hydrogens is 372 g/mol. The number of aryl methyl sites for hydroxylation is 1. The molecule has 0 aliphatic heterocycles. The van der Waals surface area contributed by atoms with E-state index in [2.05, 4.69) is 15.7 Å². The fraction of sp³-hybridized carbons (Fsp3) is 0.333. The van der Waals surface area contributed by atoms with Gasteiger partial charge in [0.15, 0.2) is 6.61 Å². The van der Waals surface area contributed by atoms with Crippen LogP contribution in [-0.2, 0) is 16.1 Å². The number of urea groups is 1.